The van der Waals surface area contributed by atoms with Gasteiger partial charge in [-0.3, -0.25) is 4.99 Å². The lowest BCUT2D eigenvalue weighted by molar-refractivity contribution is -0.150. The number of rotatable bonds is 2. The molecule has 0 spiro atoms. The Labute approximate surface area is 62.9 Å². The van der Waals surface area contributed by atoms with Crippen molar-refractivity contribution in [3.05, 3.63) is 23.9 Å². The van der Waals surface area contributed by atoms with E-state index in [1.54, 1.807) is 0 Å². The van der Waals surface area contributed by atoms with E-state index in [-0.39, 0.29) is 11.3 Å². The molecule has 0 atom stereocenters. The Bertz CT molecular complexity index is 260. The Morgan fingerprint density at radius 2 is 2.00 bits per heavy atom. The van der Waals surface area contributed by atoms with Crippen LogP contribution in [0.4, 0.5) is 0 Å². The molecule has 11 heavy (non-hydrogen) atoms. The summed E-state index contributed by atoms with van der Waals surface area (Å²) >= 11 is 0. The van der Waals surface area contributed by atoms with E-state index in [9.17, 15) is 9.59 Å². The summed E-state index contributed by atoms with van der Waals surface area (Å²) in [6, 6.07) is 0. The lowest BCUT2D eigenvalue weighted by Gasteiger charge is -1.84. The summed E-state index contributed by atoms with van der Waals surface area (Å²) in [5, 5.41) is 0. The van der Waals surface area contributed by atoms with E-state index >= 15 is 0 Å². The van der Waals surface area contributed by atoms with Crippen molar-refractivity contribution in [2.75, 3.05) is 0 Å². The van der Waals surface area contributed by atoms with Crippen LogP contribution in [0.25, 0.3) is 0 Å². The summed E-state index contributed by atoms with van der Waals surface area (Å²) in [6.45, 7) is 6.44. The lowest BCUT2D eigenvalue weighted by Crippen LogP contribution is -2.01. The molecule has 1 aliphatic rings. The molecule has 4 nitrogen and oxygen atoms in total. The molecular weight excluding hydrogens is 146 g/mol. The van der Waals surface area contributed by atoms with Gasteiger partial charge in [-0.1, -0.05) is 12.7 Å². The van der Waals surface area contributed by atoms with Crippen molar-refractivity contribution in [2.24, 2.45) is 4.99 Å². The van der Waals surface area contributed by atoms with Gasteiger partial charge >= 0.3 is 11.9 Å². The van der Waals surface area contributed by atoms with Crippen LogP contribution in [-0.4, -0.2) is 18.7 Å². The second kappa shape index (κ2) is 2.49. The molecular formula is C7H5NO3. The van der Waals surface area contributed by atoms with Gasteiger partial charge in [0.25, 0.3) is 0 Å². The molecule has 4 heteroatoms. The highest BCUT2D eigenvalue weighted by atomic mass is 16.6. The number of aliphatic imine (C=N–C) groups is 1. The zero-order valence-corrected chi connectivity index (χ0v) is 5.66. The summed E-state index contributed by atoms with van der Waals surface area (Å²) in [5.74, 6) is -1.48. The number of esters is 2. The molecule has 0 bridgehead atoms. The fourth-order valence-corrected chi connectivity index (χ4v) is 0.724. The van der Waals surface area contributed by atoms with E-state index in [1.165, 1.54) is 6.08 Å². The lowest BCUT2D eigenvalue weighted by atomic mass is 10.2. The SMILES string of the molecule is C=CC1=C(N=C)C(=O)OC1=O. The quantitative estimate of drug-likeness (QED) is 0.322. The second-order valence-electron chi connectivity index (χ2n) is 1.80. The maximum atomic E-state index is 10.7. The molecule has 1 rings (SSSR count). The minimum absolute atomic E-state index is 0.0648. The molecule has 0 aromatic heterocycles. The topological polar surface area (TPSA) is 55.7 Å². The van der Waals surface area contributed by atoms with Gasteiger partial charge in [-0.05, 0) is 6.72 Å². The maximum Gasteiger partial charge on any atom is 0.365 e. The average molecular weight is 151 g/mol. The van der Waals surface area contributed by atoms with E-state index in [2.05, 4.69) is 23.0 Å². The molecule has 0 radical (unpaired) electrons. The Balaban J connectivity index is 3.22. The predicted octanol–water partition coefficient (Wildman–Crippen LogP) is 0.210. The Morgan fingerprint density at radius 3 is 2.36 bits per heavy atom. The summed E-state index contributed by atoms with van der Waals surface area (Å²) in [4.78, 5) is 24.8. The monoisotopic (exact) mass is 151 g/mol. The number of carbonyl (C=O) groups excluding carboxylic acids is 2. The van der Waals surface area contributed by atoms with Gasteiger partial charge in [-0.25, -0.2) is 9.59 Å². The standard InChI is InChI=1S/C7H5NO3/c1-3-4-5(8-2)7(10)11-6(4)9/h3H,1-2H2. The first kappa shape index (κ1) is 7.40. The minimum atomic E-state index is -0.764. The van der Waals surface area contributed by atoms with Crippen LogP contribution in [0.1, 0.15) is 0 Å². The van der Waals surface area contributed by atoms with E-state index in [0.717, 1.165) is 0 Å². The smallest absolute Gasteiger partial charge is 0.365 e. The van der Waals surface area contributed by atoms with Gasteiger partial charge in [0.15, 0.2) is 5.70 Å². The van der Waals surface area contributed by atoms with Crippen molar-refractivity contribution in [1.29, 1.82) is 0 Å². The van der Waals surface area contributed by atoms with Crippen molar-refractivity contribution in [1.82, 2.24) is 0 Å². The van der Waals surface area contributed by atoms with Crippen molar-refractivity contribution in [3.8, 4) is 0 Å². The first-order valence-corrected chi connectivity index (χ1v) is 2.80. The predicted molar refractivity (Wildman–Crippen MR) is 37.9 cm³/mol. The molecule has 0 fully saturated rings. The zero-order chi connectivity index (χ0) is 8.43. The Hall–Kier alpha value is -1.71. The van der Waals surface area contributed by atoms with Crippen LogP contribution in [0.3, 0.4) is 0 Å². The Kier molecular flexibility index (Phi) is 1.68. The van der Waals surface area contributed by atoms with Crippen LogP contribution >= 0.6 is 0 Å². The minimum Gasteiger partial charge on any atom is -0.384 e. The number of nitrogens with zero attached hydrogens (tertiary/aromatic N) is 1. The molecule has 56 valence electrons. The zero-order valence-electron chi connectivity index (χ0n) is 5.66. The largest absolute Gasteiger partial charge is 0.384 e. The van der Waals surface area contributed by atoms with Crippen LogP contribution in [0.15, 0.2) is 28.9 Å². The van der Waals surface area contributed by atoms with Crippen LogP contribution in [0.2, 0.25) is 0 Å². The van der Waals surface area contributed by atoms with Crippen LogP contribution < -0.4 is 0 Å². The van der Waals surface area contributed by atoms with Crippen LogP contribution in [0.5, 0.6) is 0 Å². The number of carbonyl (C=O) groups is 2. The molecule has 1 heterocycles. The van der Waals surface area contributed by atoms with Gasteiger partial charge in [-0.2, -0.15) is 0 Å². The number of ether oxygens (including phenoxy) is 1. The third-order valence-electron chi connectivity index (χ3n) is 1.22. The van der Waals surface area contributed by atoms with Crippen molar-refractivity contribution in [2.45, 2.75) is 0 Å². The molecule has 0 amide bonds. The average Bonchev–Trinajstić information content (AvgIpc) is 2.24. The van der Waals surface area contributed by atoms with Gasteiger partial charge in [-0.15, -0.1) is 0 Å². The molecule has 0 unspecified atom stereocenters. The maximum absolute atomic E-state index is 10.7. The summed E-state index contributed by atoms with van der Waals surface area (Å²) in [5.41, 5.74) is 0.00926. The number of cyclic esters (lactones) is 2. The van der Waals surface area contributed by atoms with E-state index in [1.807, 2.05) is 0 Å². The van der Waals surface area contributed by atoms with Gasteiger partial charge in [0, 0.05) is 0 Å². The second-order valence-corrected chi connectivity index (χ2v) is 1.80. The van der Waals surface area contributed by atoms with Crippen molar-refractivity contribution >= 4 is 18.7 Å². The molecule has 0 saturated carbocycles. The fourth-order valence-electron chi connectivity index (χ4n) is 0.724. The van der Waals surface area contributed by atoms with Crippen molar-refractivity contribution < 1.29 is 14.3 Å². The van der Waals surface area contributed by atoms with Gasteiger partial charge < -0.3 is 4.74 Å². The normalized spacial score (nSPS) is 16.7. The van der Waals surface area contributed by atoms with Gasteiger partial charge in [0.2, 0.25) is 0 Å². The molecule has 1 aliphatic heterocycles. The van der Waals surface area contributed by atoms with Crippen LogP contribution in [-0.2, 0) is 14.3 Å². The highest BCUT2D eigenvalue weighted by molar-refractivity contribution is 6.13. The van der Waals surface area contributed by atoms with Gasteiger partial charge in [0.1, 0.15) is 0 Å². The highest BCUT2D eigenvalue weighted by Gasteiger charge is 2.30. The molecule has 0 N–H and O–H groups in total. The number of hydrogen-bond acceptors (Lipinski definition) is 4. The van der Waals surface area contributed by atoms with E-state index in [4.69, 9.17) is 0 Å². The molecule has 0 saturated heterocycles. The first-order chi connectivity index (χ1) is 5.20. The van der Waals surface area contributed by atoms with E-state index < -0.39 is 11.9 Å². The summed E-state index contributed by atoms with van der Waals surface area (Å²) < 4.78 is 4.21. The molecule has 0 aliphatic carbocycles. The van der Waals surface area contributed by atoms with Crippen molar-refractivity contribution in [3.63, 3.8) is 0 Å². The van der Waals surface area contributed by atoms with E-state index in [0.29, 0.717) is 0 Å². The number of hydrogen-bond donors (Lipinski definition) is 0. The summed E-state index contributed by atoms with van der Waals surface area (Å²) in [7, 11) is 0. The first-order valence-electron chi connectivity index (χ1n) is 2.80. The summed E-state index contributed by atoms with van der Waals surface area (Å²) in [6.07, 6.45) is 1.22. The Morgan fingerprint density at radius 1 is 1.36 bits per heavy atom. The highest BCUT2D eigenvalue weighted by Crippen LogP contribution is 2.18. The fraction of sp³-hybridized carbons (Fsp3) is 0. The van der Waals surface area contributed by atoms with Gasteiger partial charge in [0.05, 0.1) is 5.57 Å². The third-order valence-corrected chi connectivity index (χ3v) is 1.22. The molecule has 0 aromatic carbocycles. The van der Waals surface area contributed by atoms with Crippen LogP contribution in [0, 0.1) is 0 Å². The third kappa shape index (κ3) is 0.980. The molecule has 0 aromatic rings.